The van der Waals surface area contributed by atoms with Crippen LogP contribution in [0.2, 0.25) is 5.02 Å². The number of halogens is 1. The maximum absolute atomic E-state index is 13.0. The van der Waals surface area contributed by atoms with E-state index in [1.807, 2.05) is 60.7 Å². The third-order valence-corrected chi connectivity index (χ3v) is 5.76. The van der Waals surface area contributed by atoms with Crippen LogP contribution >= 0.6 is 23.4 Å². The molecule has 2 aromatic heterocycles. The number of amides is 1. The van der Waals surface area contributed by atoms with Gasteiger partial charge < -0.3 is 15.0 Å². The van der Waals surface area contributed by atoms with E-state index >= 15 is 0 Å². The van der Waals surface area contributed by atoms with Crippen LogP contribution in [0.25, 0.3) is 10.9 Å². The van der Waals surface area contributed by atoms with Gasteiger partial charge in [0.1, 0.15) is 11.4 Å². The molecule has 0 unspecified atom stereocenters. The van der Waals surface area contributed by atoms with Crippen molar-refractivity contribution in [3.05, 3.63) is 83.3 Å². The third-order valence-electron chi connectivity index (χ3n) is 4.37. The second-order valence-corrected chi connectivity index (χ2v) is 7.82. The first kappa shape index (κ1) is 19.4. The molecule has 0 saturated carbocycles. The van der Waals surface area contributed by atoms with Gasteiger partial charge >= 0.3 is 0 Å². The number of aromatic amines is 1. The normalized spacial score (nSPS) is 10.8. The molecule has 0 aliphatic heterocycles. The number of ether oxygens (including phenoxy) is 1. The number of carbonyl (C=O) groups is 1. The fourth-order valence-electron chi connectivity index (χ4n) is 2.93. The molecule has 5 nitrogen and oxygen atoms in total. The van der Waals surface area contributed by atoms with Crippen molar-refractivity contribution in [2.45, 2.75) is 16.3 Å². The summed E-state index contributed by atoms with van der Waals surface area (Å²) < 4.78 is 5.32. The molecule has 0 fully saturated rings. The van der Waals surface area contributed by atoms with Crippen molar-refractivity contribution in [2.24, 2.45) is 0 Å². The van der Waals surface area contributed by atoms with E-state index in [1.165, 1.54) is 11.8 Å². The summed E-state index contributed by atoms with van der Waals surface area (Å²) in [5.41, 5.74) is 2.14. The Labute approximate surface area is 177 Å². The van der Waals surface area contributed by atoms with Crippen LogP contribution in [0.5, 0.6) is 5.75 Å². The summed E-state index contributed by atoms with van der Waals surface area (Å²) in [7, 11) is 1.62. The lowest BCUT2D eigenvalue weighted by molar-refractivity contribution is 0.0943. The third kappa shape index (κ3) is 4.39. The minimum Gasteiger partial charge on any atom is -0.497 e. The van der Waals surface area contributed by atoms with Gasteiger partial charge in [-0.1, -0.05) is 29.4 Å². The number of aromatic nitrogens is 2. The smallest absolute Gasteiger partial charge is 0.269 e. The number of pyridine rings is 1. The van der Waals surface area contributed by atoms with Crippen LogP contribution in [-0.2, 0) is 6.54 Å². The number of carbonyl (C=O) groups excluding carboxylic acids is 1. The first-order chi connectivity index (χ1) is 14.1. The van der Waals surface area contributed by atoms with Crippen LogP contribution in [0.15, 0.2) is 76.7 Å². The monoisotopic (exact) mass is 423 g/mol. The summed E-state index contributed by atoms with van der Waals surface area (Å²) in [6.07, 6.45) is 1.71. The van der Waals surface area contributed by atoms with E-state index in [1.54, 1.807) is 13.3 Å². The lowest BCUT2D eigenvalue weighted by Crippen LogP contribution is -2.24. The maximum Gasteiger partial charge on any atom is 0.269 e. The summed E-state index contributed by atoms with van der Waals surface area (Å²) in [5, 5.41) is 4.57. The van der Waals surface area contributed by atoms with Crippen LogP contribution in [0.1, 0.15) is 16.2 Å². The van der Waals surface area contributed by atoms with Crippen molar-refractivity contribution in [1.29, 1.82) is 0 Å². The molecule has 0 aliphatic rings. The first-order valence-corrected chi connectivity index (χ1v) is 10.1. The van der Waals surface area contributed by atoms with E-state index in [-0.39, 0.29) is 5.91 Å². The Hall–Kier alpha value is -2.96. The van der Waals surface area contributed by atoms with Crippen molar-refractivity contribution in [3.63, 3.8) is 0 Å². The quantitative estimate of drug-likeness (QED) is 0.441. The zero-order chi connectivity index (χ0) is 20.2. The van der Waals surface area contributed by atoms with Crippen molar-refractivity contribution >= 4 is 40.2 Å². The number of hydrogen-bond donors (Lipinski definition) is 2. The van der Waals surface area contributed by atoms with E-state index in [0.717, 1.165) is 32.1 Å². The average Bonchev–Trinajstić information content (AvgIpc) is 3.12. The predicted octanol–water partition coefficient (Wildman–Crippen LogP) is 5.31. The van der Waals surface area contributed by atoms with Crippen molar-refractivity contribution in [1.82, 2.24) is 15.3 Å². The molecule has 2 N–H and O–H groups in total. The number of hydrogen-bond acceptors (Lipinski definition) is 4. The molecular weight excluding hydrogens is 406 g/mol. The van der Waals surface area contributed by atoms with Gasteiger partial charge in [-0.15, -0.1) is 0 Å². The molecule has 2 aromatic carbocycles. The minimum atomic E-state index is -0.192. The average molecular weight is 424 g/mol. The standard InChI is InChI=1S/C22H18ClN3O2S/c1-28-16-7-10-18-19(12-16)26-20(21(18)29-17-8-5-14(23)6-9-17)22(27)25-13-15-4-2-3-11-24-15/h2-12,26H,13H2,1H3,(H,25,27). The molecule has 2 heterocycles. The molecule has 0 bridgehead atoms. The number of fused-ring (bicyclic) bond motifs is 1. The van der Waals surface area contributed by atoms with Crippen molar-refractivity contribution in [2.75, 3.05) is 7.11 Å². The molecule has 4 rings (SSSR count). The summed E-state index contributed by atoms with van der Waals surface area (Å²) in [6, 6.07) is 18.9. The Morgan fingerprint density at radius 2 is 2.00 bits per heavy atom. The Balaban J connectivity index is 1.68. The Bertz CT molecular complexity index is 1140. The fraction of sp³-hybridized carbons (Fsp3) is 0.0909. The largest absolute Gasteiger partial charge is 0.497 e. The molecule has 0 spiro atoms. The Morgan fingerprint density at radius 1 is 1.17 bits per heavy atom. The first-order valence-electron chi connectivity index (χ1n) is 8.95. The lowest BCUT2D eigenvalue weighted by Gasteiger charge is -2.07. The molecule has 29 heavy (non-hydrogen) atoms. The van der Waals surface area contributed by atoms with Crippen LogP contribution in [0.3, 0.4) is 0 Å². The molecule has 146 valence electrons. The van der Waals surface area contributed by atoms with E-state index < -0.39 is 0 Å². The summed E-state index contributed by atoms with van der Waals surface area (Å²) in [6.45, 7) is 0.351. The molecule has 0 aliphatic carbocycles. The van der Waals surface area contributed by atoms with Crippen LogP contribution in [0.4, 0.5) is 0 Å². The van der Waals surface area contributed by atoms with E-state index in [4.69, 9.17) is 16.3 Å². The summed E-state index contributed by atoms with van der Waals surface area (Å²) in [4.78, 5) is 22.3. The lowest BCUT2D eigenvalue weighted by atomic mass is 10.2. The topological polar surface area (TPSA) is 67.0 Å². The summed E-state index contributed by atoms with van der Waals surface area (Å²) >= 11 is 7.52. The SMILES string of the molecule is COc1ccc2c(Sc3ccc(Cl)cc3)c(C(=O)NCc3ccccn3)[nH]c2c1. The molecular formula is C22H18ClN3O2S. The van der Waals surface area contributed by atoms with Crippen molar-refractivity contribution < 1.29 is 9.53 Å². The number of H-pyrrole nitrogens is 1. The highest BCUT2D eigenvalue weighted by Gasteiger charge is 2.19. The Kier molecular flexibility index (Phi) is 5.74. The molecule has 4 aromatic rings. The van der Waals surface area contributed by atoms with Gasteiger partial charge in [0.05, 0.1) is 29.8 Å². The van der Waals surface area contributed by atoms with Gasteiger partial charge in [-0.3, -0.25) is 9.78 Å². The molecule has 1 amide bonds. The fourth-order valence-corrected chi connectivity index (χ4v) is 4.09. The molecule has 0 saturated heterocycles. The van der Waals surface area contributed by atoms with Crippen LogP contribution < -0.4 is 10.1 Å². The number of methoxy groups -OCH3 is 1. The van der Waals surface area contributed by atoms with Gasteiger partial charge in [0.2, 0.25) is 0 Å². The summed E-state index contributed by atoms with van der Waals surface area (Å²) in [5.74, 6) is 0.532. The number of rotatable bonds is 6. The second-order valence-electron chi connectivity index (χ2n) is 6.30. The predicted molar refractivity (Wildman–Crippen MR) is 116 cm³/mol. The number of benzene rings is 2. The van der Waals surface area contributed by atoms with Crippen LogP contribution in [0, 0.1) is 0 Å². The second kappa shape index (κ2) is 8.59. The highest BCUT2D eigenvalue weighted by atomic mass is 35.5. The van der Waals surface area contributed by atoms with Crippen molar-refractivity contribution in [3.8, 4) is 5.75 Å². The number of nitrogens with one attached hydrogen (secondary N) is 2. The van der Waals surface area contributed by atoms with Gasteiger partial charge in [0.15, 0.2) is 0 Å². The number of nitrogens with zero attached hydrogens (tertiary/aromatic N) is 1. The zero-order valence-electron chi connectivity index (χ0n) is 15.6. The minimum absolute atomic E-state index is 0.192. The van der Waals surface area contributed by atoms with E-state index in [2.05, 4.69) is 15.3 Å². The van der Waals surface area contributed by atoms with Crippen LogP contribution in [-0.4, -0.2) is 23.0 Å². The van der Waals surface area contributed by atoms with Gasteiger partial charge in [-0.2, -0.15) is 0 Å². The molecule has 7 heteroatoms. The maximum atomic E-state index is 13.0. The van der Waals surface area contributed by atoms with Gasteiger partial charge in [-0.25, -0.2) is 0 Å². The Morgan fingerprint density at radius 3 is 2.72 bits per heavy atom. The zero-order valence-corrected chi connectivity index (χ0v) is 17.2. The highest BCUT2D eigenvalue weighted by molar-refractivity contribution is 7.99. The molecule has 0 atom stereocenters. The van der Waals surface area contributed by atoms with Gasteiger partial charge in [0.25, 0.3) is 5.91 Å². The van der Waals surface area contributed by atoms with Gasteiger partial charge in [-0.05, 0) is 48.5 Å². The molecule has 0 radical (unpaired) electrons. The van der Waals surface area contributed by atoms with E-state index in [9.17, 15) is 4.79 Å². The highest BCUT2D eigenvalue weighted by Crippen LogP contribution is 2.38. The van der Waals surface area contributed by atoms with E-state index in [0.29, 0.717) is 17.3 Å². The van der Waals surface area contributed by atoms with Gasteiger partial charge in [0, 0.05) is 27.6 Å².